The fraction of sp³-hybridized carbons (Fsp3) is 0.188. The van der Waals surface area contributed by atoms with Crippen LogP contribution in [0.15, 0.2) is 79.3 Å². The van der Waals surface area contributed by atoms with Crippen LogP contribution >= 0.6 is 0 Å². The highest BCUT2D eigenvalue weighted by Gasteiger charge is 2.21. The maximum absolute atomic E-state index is 13.5. The number of anilines is 1. The summed E-state index contributed by atoms with van der Waals surface area (Å²) < 4.78 is 13.5. The number of carbonyl (C=O) groups excluding carboxylic acids is 1. The molecular weight excluding hydrogens is 503 g/mol. The lowest BCUT2D eigenvalue weighted by molar-refractivity contribution is -0.120. The average Bonchev–Trinajstić information content (AvgIpc) is 3.62. The first-order valence-corrected chi connectivity index (χ1v) is 13.6. The van der Waals surface area contributed by atoms with Crippen molar-refractivity contribution in [3.05, 3.63) is 85.1 Å². The molecule has 0 atom stereocenters. The fourth-order valence-electron chi connectivity index (χ4n) is 5.70. The quantitative estimate of drug-likeness (QED) is 0.215. The van der Waals surface area contributed by atoms with Gasteiger partial charge in [-0.3, -0.25) is 19.9 Å². The lowest BCUT2D eigenvalue weighted by Crippen LogP contribution is -2.24. The summed E-state index contributed by atoms with van der Waals surface area (Å²) in [6, 6.07) is 18.6. The first kappa shape index (κ1) is 24.2. The van der Waals surface area contributed by atoms with Gasteiger partial charge in [0.2, 0.25) is 5.91 Å². The van der Waals surface area contributed by atoms with E-state index in [1.165, 1.54) is 18.6 Å². The molecule has 40 heavy (non-hydrogen) atoms. The lowest BCUT2D eigenvalue weighted by atomic mass is 9.88. The third kappa shape index (κ3) is 4.51. The summed E-state index contributed by atoms with van der Waals surface area (Å²) in [7, 11) is 0. The van der Waals surface area contributed by atoms with Gasteiger partial charge in [0.15, 0.2) is 0 Å². The predicted octanol–water partition coefficient (Wildman–Crippen LogP) is 7.49. The number of amides is 1. The second-order valence-electron chi connectivity index (χ2n) is 10.4. The first-order chi connectivity index (χ1) is 19.6. The molecule has 0 radical (unpaired) electrons. The molecule has 1 aliphatic carbocycles. The number of rotatable bonds is 5. The third-order valence-electron chi connectivity index (χ3n) is 7.80. The number of hydrogen-bond donors (Lipinski definition) is 3. The van der Waals surface area contributed by atoms with Crippen LogP contribution in [-0.4, -0.2) is 31.1 Å². The number of benzene rings is 2. The molecule has 0 spiro atoms. The summed E-state index contributed by atoms with van der Waals surface area (Å²) in [6.45, 7) is 0. The normalized spacial score (nSPS) is 14.1. The van der Waals surface area contributed by atoms with Crippen molar-refractivity contribution in [2.24, 2.45) is 5.92 Å². The smallest absolute Gasteiger partial charge is 0.227 e. The van der Waals surface area contributed by atoms with E-state index in [1.54, 1.807) is 30.7 Å². The molecule has 8 heteroatoms. The Bertz CT molecular complexity index is 1850. The van der Waals surface area contributed by atoms with E-state index >= 15 is 0 Å². The average molecular weight is 531 g/mol. The van der Waals surface area contributed by atoms with E-state index in [-0.39, 0.29) is 17.6 Å². The number of halogens is 1. The van der Waals surface area contributed by atoms with Crippen molar-refractivity contribution in [1.29, 1.82) is 0 Å². The van der Waals surface area contributed by atoms with Crippen molar-refractivity contribution in [3.8, 4) is 33.8 Å². The molecule has 0 aliphatic heterocycles. The molecular formula is C32H27FN6O. The predicted molar refractivity (Wildman–Crippen MR) is 155 cm³/mol. The summed E-state index contributed by atoms with van der Waals surface area (Å²) in [4.78, 5) is 25.3. The minimum absolute atomic E-state index is 0.0676. The SMILES string of the molecule is O=C(Nc1cncc(-c2cc3c(-c4cc5c(-c6ccc(F)cc6)cccc5[nH]4)n[nH]c3cn2)c1)C1CCCCC1. The minimum atomic E-state index is -0.259. The Morgan fingerprint density at radius 3 is 2.58 bits per heavy atom. The second kappa shape index (κ2) is 10.0. The van der Waals surface area contributed by atoms with Crippen LogP contribution in [0.3, 0.4) is 0 Å². The largest absolute Gasteiger partial charge is 0.353 e. The van der Waals surface area contributed by atoms with E-state index < -0.39 is 0 Å². The van der Waals surface area contributed by atoms with Crippen molar-refractivity contribution in [2.75, 3.05) is 5.32 Å². The summed E-state index contributed by atoms with van der Waals surface area (Å²) in [5, 5.41) is 12.7. The van der Waals surface area contributed by atoms with E-state index in [4.69, 9.17) is 0 Å². The Hall–Kier alpha value is -4.85. The van der Waals surface area contributed by atoms with Gasteiger partial charge in [0.1, 0.15) is 11.5 Å². The molecule has 0 saturated heterocycles. The van der Waals surface area contributed by atoms with E-state index in [2.05, 4.69) is 36.5 Å². The van der Waals surface area contributed by atoms with E-state index in [0.29, 0.717) is 5.69 Å². The summed E-state index contributed by atoms with van der Waals surface area (Å²) in [5.41, 5.74) is 7.59. The molecule has 0 bridgehead atoms. The van der Waals surface area contributed by atoms with Crippen LogP contribution < -0.4 is 5.32 Å². The van der Waals surface area contributed by atoms with Gasteiger partial charge in [-0.25, -0.2) is 4.39 Å². The molecule has 1 aliphatic rings. The van der Waals surface area contributed by atoms with Crippen LogP contribution in [0.25, 0.3) is 55.6 Å². The van der Waals surface area contributed by atoms with Gasteiger partial charge < -0.3 is 10.3 Å². The molecule has 6 aromatic rings. The Balaban J connectivity index is 1.22. The zero-order valence-electron chi connectivity index (χ0n) is 21.7. The number of aromatic nitrogens is 5. The second-order valence-corrected chi connectivity index (χ2v) is 10.4. The Morgan fingerprint density at radius 2 is 1.73 bits per heavy atom. The van der Waals surface area contributed by atoms with Crippen molar-refractivity contribution < 1.29 is 9.18 Å². The highest BCUT2D eigenvalue weighted by Crippen LogP contribution is 2.35. The van der Waals surface area contributed by atoms with E-state index in [0.717, 1.165) is 81.3 Å². The highest BCUT2D eigenvalue weighted by atomic mass is 19.1. The summed E-state index contributed by atoms with van der Waals surface area (Å²) in [6.07, 6.45) is 10.5. The molecule has 4 heterocycles. The van der Waals surface area contributed by atoms with Crippen molar-refractivity contribution in [1.82, 2.24) is 25.1 Å². The van der Waals surface area contributed by atoms with Gasteiger partial charge in [-0.15, -0.1) is 0 Å². The van der Waals surface area contributed by atoms with Gasteiger partial charge in [-0.2, -0.15) is 5.10 Å². The van der Waals surface area contributed by atoms with Crippen molar-refractivity contribution >= 4 is 33.4 Å². The molecule has 7 rings (SSSR count). The molecule has 4 aromatic heterocycles. The van der Waals surface area contributed by atoms with Crippen LogP contribution in [0.2, 0.25) is 0 Å². The molecule has 1 saturated carbocycles. The van der Waals surface area contributed by atoms with Gasteiger partial charge in [-0.1, -0.05) is 43.5 Å². The summed E-state index contributed by atoms with van der Waals surface area (Å²) in [5.74, 6) is -0.122. The molecule has 2 aromatic carbocycles. The van der Waals surface area contributed by atoms with Crippen LogP contribution in [0.4, 0.5) is 10.1 Å². The van der Waals surface area contributed by atoms with E-state index in [1.807, 2.05) is 30.3 Å². The highest BCUT2D eigenvalue weighted by molar-refractivity contribution is 6.01. The van der Waals surface area contributed by atoms with Crippen molar-refractivity contribution in [2.45, 2.75) is 32.1 Å². The maximum atomic E-state index is 13.5. The number of hydrogen-bond acceptors (Lipinski definition) is 4. The van der Waals surface area contributed by atoms with Gasteiger partial charge in [-0.05, 0) is 60.4 Å². The Kier molecular flexibility index (Phi) is 6.07. The van der Waals surface area contributed by atoms with Gasteiger partial charge in [0.05, 0.1) is 35.0 Å². The zero-order valence-corrected chi connectivity index (χ0v) is 21.7. The number of pyridine rings is 2. The van der Waals surface area contributed by atoms with Crippen LogP contribution in [0.5, 0.6) is 0 Å². The number of nitrogens with zero attached hydrogens (tertiary/aromatic N) is 3. The zero-order chi connectivity index (χ0) is 27.1. The minimum Gasteiger partial charge on any atom is -0.353 e. The molecule has 1 fully saturated rings. The number of aromatic amines is 2. The maximum Gasteiger partial charge on any atom is 0.227 e. The molecule has 1 amide bonds. The first-order valence-electron chi connectivity index (χ1n) is 13.6. The van der Waals surface area contributed by atoms with Crippen LogP contribution in [-0.2, 0) is 4.79 Å². The monoisotopic (exact) mass is 530 g/mol. The van der Waals surface area contributed by atoms with E-state index in [9.17, 15) is 9.18 Å². The lowest BCUT2D eigenvalue weighted by Gasteiger charge is -2.20. The van der Waals surface area contributed by atoms with Gasteiger partial charge in [0, 0.05) is 34.0 Å². The molecule has 198 valence electrons. The molecule has 3 N–H and O–H groups in total. The fourth-order valence-corrected chi connectivity index (χ4v) is 5.70. The van der Waals surface area contributed by atoms with Gasteiger partial charge in [0.25, 0.3) is 0 Å². The third-order valence-corrected chi connectivity index (χ3v) is 7.80. The number of carbonyl (C=O) groups is 1. The van der Waals surface area contributed by atoms with Crippen LogP contribution in [0.1, 0.15) is 32.1 Å². The topological polar surface area (TPSA) is 99.4 Å². The Morgan fingerprint density at radius 1 is 0.875 bits per heavy atom. The van der Waals surface area contributed by atoms with Gasteiger partial charge >= 0.3 is 0 Å². The Labute approximate surface area is 229 Å². The molecule has 7 nitrogen and oxygen atoms in total. The molecule has 0 unspecified atom stereocenters. The number of nitrogens with one attached hydrogen (secondary N) is 3. The number of H-pyrrole nitrogens is 2. The van der Waals surface area contributed by atoms with Crippen molar-refractivity contribution in [3.63, 3.8) is 0 Å². The number of fused-ring (bicyclic) bond motifs is 2. The summed E-state index contributed by atoms with van der Waals surface area (Å²) >= 11 is 0. The van der Waals surface area contributed by atoms with Crippen LogP contribution in [0, 0.1) is 11.7 Å². The standard InChI is InChI=1S/C32H27FN6O/c33-22-11-9-19(10-12-22)24-7-4-8-27-25(24)14-29(37-27)31-26-15-28(35-18-30(26)38-39-31)21-13-23(17-34-16-21)36-32(40)20-5-2-1-3-6-20/h4,7-18,20,37H,1-3,5-6H2,(H,36,40)(H,38,39).